The number of carbonyl (C=O) groups is 1. The fourth-order valence-corrected chi connectivity index (χ4v) is 4.93. The van der Waals surface area contributed by atoms with Crippen LogP contribution in [0.15, 0.2) is 66.3 Å². The summed E-state index contributed by atoms with van der Waals surface area (Å²) in [5.41, 5.74) is 4.03. The maximum absolute atomic E-state index is 12.5. The van der Waals surface area contributed by atoms with Crippen LogP contribution in [-0.4, -0.2) is 35.6 Å². The molecule has 6 nitrogen and oxygen atoms in total. The highest BCUT2D eigenvalue weighted by atomic mass is 32.1. The lowest BCUT2D eigenvalue weighted by atomic mass is 10.1. The lowest BCUT2D eigenvalue weighted by molar-refractivity contribution is -0.118. The summed E-state index contributed by atoms with van der Waals surface area (Å²) < 4.78 is 5.83. The number of fused-ring (bicyclic) bond motifs is 1. The van der Waals surface area contributed by atoms with E-state index in [1.54, 1.807) is 0 Å². The van der Waals surface area contributed by atoms with E-state index >= 15 is 0 Å². The molecule has 0 aliphatic carbocycles. The SMILES string of the molecule is O=C(COc1ncnc2scc(-c3ccccc3)c12)Nc1ccc(N2CCCCC2)cc1. The Labute approximate surface area is 190 Å². The van der Waals surface area contributed by atoms with E-state index < -0.39 is 0 Å². The average molecular weight is 445 g/mol. The van der Waals surface area contributed by atoms with Crippen LogP contribution in [0, 0.1) is 0 Å². The largest absolute Gasteiger partial charge is 0.467 e. The second kappa shape index (κ2) is 9.36. The molecule has 2 aromatic carbocycles. The van der Waals surface area contributed by atoms with Crippen molar-refractivity contribution in [2.75, 3.05) is 29.9 Å². The molecule has 1 aliphatic rings. The van der Waals surface area contributed by atoms with Crippen molar-refractivity contribution in [1.29, 1.82) is 0 Å². The van der Waals surface area contributed by atoms with Gasteiger partial charge < -0.3 is 15.0 Å². The monoisotopic (exact) mass is 444 g/mol. The molecule has 7 heteroatoms. The Bertz CT molecular complexity index is 1200. The summed E-state index contributed by atoms with van der Waals surface area (Å²) >= 11 is 1.54. The van der Waals surface area contributed by atoms with E-state index in [4.69, 9.17) is 4.74 Å². The molecule has 1 aliphatic heterocycles. The molecule has 2 aromatic heterocycles. The Morgan fingerprint density at radius 3 is 2.56 bits per heavy atom. The molecule has 0 unspecified atom stereocenters. The van der Waals surface area contributed by atoms with E-state index in [9.17, 15) is 4.79 Å². The van der Waals surface area contributed by atoms with Crippen LogP contribution in [-0.2, 0) is 4.79 Å². The van der Waals surface area contributed by atoms with E-state index in [0.29, 0.717) is 5.88 Å². The number of aromatic nitrogens is 2. The van der Waals surface area contributed by atoms with Gasteiger partial charge in [-0.05, 0) is 49.1 Å². The zero-order valence-electron chi connectivity index (χ0n) is 17.7. The molecule has 0 spiro atoms. The number of nitrogens with one attached hydrogen (secondary N) is 1. The highest BCUT2D eigenvalue weighted by Crippen LogP contribution is 2.37. The highest BCUT2D eigenvalue weighted by Gasteiger charge is 2.15. The topological polar surface area (TPSA) is 67.3 Å². The summed E-state index contributed by atoms with van der Waals surface area (Å²) in [6, 6.07) is 18.1. The van der Waals surface area contributed by atoms with E-state index in [1.807, 2.05) is 47.8 Å². The van der Waals surface area contributed by atoms with Crippen LogP contribution in [0.25, 0.3) is 21.3 Å². The Morgan fingerprint density at radius 1 is 1.00 bits per heavy atom. The first-order valence-corrected chi connectivity index (χ1v) is 11.7. The number of anilines is 2. The van der Waals surface area contributed by atoms with E-state index in [-0.39, 0.29) is 12.5 Å². The summed E-state index contributed by atoms with van der Waals surface area (Å²) in [6.45, 7) is 2.07. The minimum absolute atomic E-state index is 0.121. The number of nitrogens with zero attached hydrogens (tertiary/aromatic N) is 3. The van der Waals surface area contributed by atoms with E-state index in [2.05, 4.69) is 32.3 Å². The molecule has 0 atom stereocenters. The number of rotatable bonds is 6. The predicted octanol–water partition coefficient (Wildman–Crippen LogP) is 5.37. The normalized spacial score (nSPS) is 13.8. The first-order valence-electron chi connectivity index (χ1n) is 10.8. The molecule has 0 radical (unpaired) electrons. The molecule has 4 aromatic rings. The minimum Gasteiger partial charge on any atom is -0.467 e. The average Bonchev–Trinajstić information content (AvgIpc) is 3.29. The Morgan fingerprint density at radius 2 is 1.78 bits per heavy atom. The predicted molar refractivity (Wildman–Crippen MR) is 129 cm³/mol. The van der Waals surface area contributed by atoms with Gasteiger partial charge in [0.05, 0.1) is 5.39 Å². The number of amides is 1. The summed E-state index contributed by atoms with van der Waals surface area (Å²) in [5, 5.41) is 5.79. The number of hydrogen-bond donors (Lipinski definition) is 1. The van der Waals surface area contributed by atoms with Gasteiger partial charge in [-0.1, -0.05) is 30.3 Å². The maximum atomic E-state index is 12.5. The molecule has 0 bridgehead atoms. The van der Waals surface area contributed by atoms with Crippen molar-refractivity contribution in [3.63, 3.8) is 0 Å². The number of carbonyl (C=O) groups excluding carboxylic acids is 1. The zero-order chi connectivity index (χ0) is 21.8. The van der Waals surface area contributed by atoms with Gasteiger partial charge in [0, 0.05) is 35.4 Å². The molecule has 3 heterocycles. The second-order valence-corrected chi connectivity index (χ2v) is 8.66. The number of thiophene rings is 1. The molecule has 1 N–H and O–H groups in total. The van der Waals surface area contributed by atoms with Crippen molar-refractivity contribution in [2.45, 2.75) is 19.3 Å². The first-order chi connectivity index (χ1) is 15.8. The summed E-state index contributed by atoms with van der Waals surface area (Å²) in [5.74, 6) is 0.199. The van der Waals surface area contributed by atoms with E-state index in [1.165, 1.54) is 42.6 Å². The summed E-state index contributed by atoms with van der Waals surface area (Å²) in [4.78, 5) is 24.4. The van der Waals surface area contributed by atoms with Gasteiger partial charge >= 0.3 is 0 Å². The summed E-state index contributed by atoms with van der Waals surface area (Å²) in [6.07, 6.45) is 5.26. The van der Waals surface area contributed by atoms with Crippen LogP contribution in [0.2, 0.25) is 0 Å². The fourth-order valence-electron chi connectivity index (χ4n) is 4.03. The van der Waals surface area contributed by atoms with Crippen LogP contribution in [0.3, 0.4) is 0 Å². The summed E-state index contributed by atoms with van der Waals surface area (Å²) in [7, 11) is 0. The number of ether oxygens (including phenoxy) is 1. The molecule has 32 heavy (non-hydrogen) atoms. The lowest BCUT2D eigenvalue weighted by Gasteiger charge is -2.28. The third kappa shape index (κ3) is 4.43. The Balaban J connectivity index is 1.26. The van der Waals surface area contributed by atoms with Gasteiger partial charge in [0.25, 0.3) is 5.91 Å². The minimum atomic E-state index is -0.223. The van der Waals surface area contributed by atoms with Crippen LogP contribution in [0.1, 0.15) is 19.3 Å². The molecule has 1 fully saturated rings. The van der Waals surface area contributed by atoms with Crippen molar-refractivity contribution in [3.8, 4) is 17.0 Å². The van der Waals surface area contributed by atoms with Crippen LogP contribution >= 0.6 is 11.3 Å². The Kier molecular flexibility index (Phi) is 5.98. The maximum Gasteiger partial charge on any atom is 0.262 e. The standard InChI is InChI=1S/C25H24N4O2S/c30-22(28-19-9-11-20(12-10-19)29-13-5-2-6-14-29)15-31-24-23-21(18-7-3-1-4-8-18)16-32-25(23)27-17-26-24/h1,3-4,7-12,16-17H,2,5-6,13-15H2,(H,28,30). The lowest BCUT2D eigenvalue weighted by Crippen LogP contribution is -2.29. The quantitative estimate of drug-likeness (QED) is 0.433. The highest BCUT2D eigenvalue weighted by molar-refractivity contribution is 7.17. The van der Waals surface area contributed by atoms with Crippen molar-refractivity contribution in [3.05, 3.63) is 66.3 Å². The van der Waals surface area contributed by atoms with Gasteiger partial charge in [-0.2, -0.15) is 0 Å². The smallest absolute Gasteiger partial charge is 0.262 e. The molecular formula is C25H24N4O2S. The zero-order valence-corrected chi connectivity index (χ0v) is 18.5. The molecule has 1 saturated heterocycles. The third-order valence-electron chi connectivity index (χ3n) is 5.63. The second-order valence-electron chi connectivity index (χ2n) is 7.81. The molecule has 5 rings (SSSR count). The van der Waals surface area contributed by atoms with Gasteiger partial charge in [-0.3, -0.25) is 4.79 Å². The van der Waals surface area contributed by atoms with E-state index in [0.717, 1.165) is 40.1 Å². The van der Waals surface area contributed by atoms with Crippen molar-refractivity contribution in [2.24, 2.45) is 0 Å². The fraction of sp³-hybridized carbons (Fsp3) is 0.240. The number of hydrogen-bond acceptors (Lipinski definition) is 6. The van der Waals surface area contributed by atoms with Gasteiger partial charge in [0.15, 0.2) is 6.61 Å². The van der Waals surface area contributed by atoms with Crippen LogP contribution < -0.4 is 15.0 Å². The van der Waals surface area contributed by atoms with Gasteiger partial charge in [-0.15, -0.1) is 11.3 Å². The van der Waals surface area contributed by atoms with Gasteiger partial charge in [-0.25, -0.2) is 9.97 Å². The third-order valence-corrected chi connectivity index (χ3v) is 6.52. The molecule has 0 saturated carbocycles. The van der Waals surface area contributed by atoms with Crippen molar-refractivity contribution >= 4 is 38.8 Å². The van der Waals surface area contributed by atoms with Gasteiger partial charge in [0.2, 0.25) is 5.88 Å². The van der Waals surface area contributed by atoms with Crippen molar-refractivity contribution < 1.29 is 9.53 Å². The number of piperidine rings is 1. The van der Waals surface area contributed by atoms with Gasteiger partial charge in [0.1, 0.15) is 11.2 Å². The van der Waals surface area contributed by atoms with Crippen LogP contribution in [0.4, 0.5) is 11.4 Å². The van der Waals surface area contributed by atoms with Crippen molar-refractivity contribution in [1.82, 2.24) is 9.97 Å². The molecular weight excluding hydrogens is 420 g/mol. The molecule has 162 valence electrons. The number of benzene rings is 2. The first kappa shape index (κ1) is 20.5. The van der Waals surface area contributed by atoms with Crippen LogP contribution in [0.5, 0.6) is 5.88 Å². The molecule has 1 amide bonds. The Hall–Kier alpha value is -3.45.